The zero-order valence-electron chi connectivity index (χ0n) is 10.2. The zero-order valence-corrected chi connectivity index (χ0v) is 13.6. The van der Waals surface area contributed by atoms with Crippen LogP contribution in [0.2, 0.25) is 24.7 Å². The molecule has 5 heteroatoms. The maximum atomic E-state index is 6.19. The van der Waals surface area contributed by atoms with E-state index in [1.807, 2.05) is 12.1 Å². The molecule has 0 saturated carbocycles. The maximum absolute atomic E-state index is 6.19. The first kappa shape index (κ1) is 13.4. The van der Waals surface area contributed by atoms with Crippen LogP contribution in [0.25, 0.3) is 0 Å². The molecular weight excluding hydrogens is 320 g/mol. The molecule has 1 aromatic carbocycles. The molecule has 0 aliphatic carbocycles. The van der Waals surface area contributed by atoms with Crippen LogP contribution in [0.3, 0.4) is 0 Å². The number of halogens is 2. The standard InChI is InChI=1S/C12H16BrClO2Si/c1-17(2,3)16-11-4-5-15-12-9(11)6-8(13)7-10(12)14/h6-7,11H,4-5H2,1-3H3. The van der Waals surface area contributed by atoms with Crippen molar-refractivity contribution < 1.29 is 9.16 Å². The van der Waals surface area contributed by atoms with E-state index in [1.165, 1.54) is 0 Å². The first-order valence-corrected chi connectivity index (χ1v) is 10.2. The van der Waals surface area contributed by atoms with Gasteiger partial charge in [-0.25, -0.2) is 0 Å². The van der Waals surface area contributed by atoms with Crippen LogP contribution in [0.4, 0.5) is 0 Å². The summed E-state index contributed by atoms with van der Waals surface area (Å²) in [7, 11) is -1.56. The van der Waals surface area contributed by atoms with Crippen molar-refractivity contribution in [1.29, 1.82) is 0 Å². The molecule has 17 heavy (non-hydrogen) atoms. The summed E-state index contributed by atoms with van der Waals surface area (Å²) in [5, 5.41) is 0.651. The zero-order chi connectivity index (χ0) is 12.6. The summed E-state index contributed by atoms with van der Waals surface area (Å²) in [5.41, 5.74) is 1.07. The van der Waals surface area contributed by atoms with E-state index in [4.69, 9.17) is 20.8 Å². The first-order valence-electron chi connectivity index (χ1n) is 5.66. The molecule has 2 nitrogen and oxygen atoms in total. The lowest BCUT2D eigenvalue weighted by molar-refractivity contribution is 0.130. The van der Waals surface area contributed by atoms with Gasteiger partial charge >= 0.3 is 0 Å². The lowest BCUT2D eigenvalue weighted by atomic mass is 10.0. The predicted octanol–water partition coefficient (Wildman–Crippen LogP) is 4.78. The molecular formula is C12H16BrClO2Si. The third-order valence-corrected chi connectivity index (χ3v) is 4.24. The van der Waals surface area contributed by atoms with Gasteiger partial charge in [-0.15, -0.1) is 0 Å². The number of ether oxygens (including phenoxy) is 1. The van der Waals surface area contributed by atoms with Crippen molar-refractivity contribution in [3.63, 3.8) is 0 Å². The van der Waals surface area contributed by atoms with E-state index in [2.05, 4.69) is 35.6 Å². The van der Waals surface area contributed by atoms with Crippen LogP contribution in [-0.2, 0) is 4.43 Å². The summed E-state index contributed by atoms with van der Waals surface area (Å²) in [6.45, 7) is 7.26. The molecule has 2 rings (SSSR count). The van der Waals surface area contributed by atoms with Crippen molar-refractivity contribution in [3.8, 4) is 5.75 Å². The topological polar surface area (TPSA) is 18.5 Å². The molecule has 1 atom stereocenters. The number of rotatable bonds is 2. The first-order chi connectivity index (χ1) is 7.87. The molecule has 1 aromatic rings. The second-order valence-electron chi connectivity index (χ2n) is 5.16. The number of fused-ring (bicyclic) bond motifs is 1. The molecule has 1 heterocycles. The fourth-order valence-electron chi connectivity index (χ4n) is 1.94. The average Bonchev–Trinajstić information content (AvgIpc) is 2.17. The Balaban J connectivity index is 2.37. The third-order valence-electron chi connectivity index (χ3n) is 2.51. The summed E-state index contributed by atoms with van der Waals surface area (Å²) < 4.78 is 12.8. The minimum Gasteiger partial charge on any atom is -0.492 e. The minimum atomic E-state index is -1.56. The van der Waals surface area contributed by atoms with Gasteiger partial charge in [-0.05, 0) is 31.8 Å². The van der Waals surface area contributed by atoms with Gasteiger partial charge in [-0.2, -0.15) is 0 Å². The van der Waals surface area contributed by atoms with Gasteiger partial charge in [-0.3, -0.25) is 0 Å². The highest BCUT2D eigenvalue weighted by Gasteiger charge is 2.29. The molecule has 0 bridgehead atoms. The van der Waals surface area contributed by atoms with Gasteiger partial charge in [0.1, 0.15) is 5.75 Å². The van der Waals surface area contributed by atoms with Crippen LogP contribution < -0.4 is 4.74 Å². The van der Waals surface area contributed by atoms with Crippen molar-refractivity contribution >= 4 is 35.8 Å². The lowest BCUT2D eigenvalue weighted by Gasteiger charge is -2.31. The van der Waals surface area contributed by atoms with Crippen molar-refractivity contribution in [2.75, 3.05) is 6.61 Å². The van der Waals surface area contributed by atoms with E-state index < -0.39 is 8.32 Å². The minimum absolute atomic E-state index is 0.111. The Morgan fingerprint density at radius 1 is 1.41 bits per heavy atom. The van der Waals surface area contributed by atoms with E-state index in [0.717, 1.165) is 22.2 Å². The van der Waals surface area contributed by atoms with Crippen molar-refractivity contribution in [2.24, 2.45) is 0 Å². The second kappa shape index (κ2) is 4.92. The summed E-state index contributed by atoms with van der Waals surface area (Å²) in [4.78, 5) is 0. The summed E-state index contributed by atoms with van der Waals surface area (Å²) >= 11 is 9.65. The van der Waals surface area contributed by atoms with Gasteiger partial charge in [-0.1, -0.05) is 27.5 Å². The van der Waals surface area contributed by atoms with Crippen LogP contribution in [0, 0.1) is 0 Å². The monoisotopic (exact) mass is 334 g/mol. The smallest absolute Gasteiger partial charge is 0.184 e. The molecule has 0 amide bonds. The second-order valence-corrected chi connectivity index (χ2v) is 10.9. The van der Waals surface area contributed by atoms with E-state index in [0.29, 0.717) is 11.6 Å². The van der Waals surface area contributed by atoms with Crippen LogP contribution in [0.5, 0.6) is 5.75 Å². The van der Waals surface area contributed by atoms with Gasteiger partial charge in [0, 0.05) is 16.5 Å². The molecule has 94 valence electrons. The fourth-order valence-corrected chi connectivity index (χ4v) is 3.93. The number of hydrogen-bond donors (Lipinski definition) is 0. The molecule has 0 radical (unpaired) electrons. The largest absolute Gasteiger partial charge is 0.492 e. The fraction of sp³-hybridized carbons (Fsp3) is 0.500. The van der Waals surface area contributed by atoms with Crippen molar-refractivity contribution in [3.05, 3.63) is 27.2 Å². The summed E-state index contributed by atoms with van der Waals surface area (Å²) in [6.07, 6.45) is 1.00. The number of benzene rings is 1. The van der Waals surface area contributed by atoms with Crippen molar-refractivity contribution in [1.82, 2.24) is 0 Å². The Morgan fingerprint density at radius 2 is 2.12 bits per heavy atom. The summed E-state index contributed by atoms with van der Waals surface area (Å²) in [6, 6.07) is 3.91. The molecule has 0 spiro atoms. The SMILES string of the molecule is C[Si](C)(C)OC1CCOc2c(Cl)cc(Br)cc21. The third kappa shape index (κ3) is 3.25. The van der Waals surface area contributed by atoms with Crippen molar-refractivity contribution in [2.45, 2.75) is 32.2 Å². The van der Waals surface area contributed by atoms with Gasteiger partial charge in [0.2, 0.25) is 0 Å². The van der Waals surface area contributed by atoms with Gasteiger partial charge in [0.05, 0.1) is 17.7 Å². The molecule has 0 saturated heterocycles. The van der Waals surface area contributed by atoms with E-state index >= 15 is 0 Å². The Kier molecular flexibility index (Phi) is 3.88. The van der Waals surface area contributed by atoms with Crippen LogP contribution in [-0.4, -0.2) is 14.9 Å². The van der Waals surface area contributed by atoms with Gasteiger partial charge in [0.25, 0.3) is 0 Å². The average molecular weight is 336 g/mol. The maximum Gasteiger partial charge on any atom is 0.184 e. The highest BCUT2D eigenvalue weighted by atomic mass is 79.9. The Bertz CT molecular complexity index is 431. The van der Waals surface area contributed by atoms with E-state index in [1.54, 1.807) is 0 Å². The molecule has 0 fully saturated rings. The normalized spacial score (nSPS) is 19.7. The van der Waals surface area contributed by atoms with Crippen LogP contribution >= 0.6 is 27.5 Å². The molecule has 1 unspecified atom stereocenters. The molecule has 1 aliphatic heterocycles. The Labute approximate surface area is 117 Å². The van der Waals surface area contributed by atoms with Gasteiger partial charge < -0.3 is 9.16 Å². The number of hydrogen-bond acceptors (Lipinski definition) is 2. The molecule has 0 N–H and O–H groups in total. The Hall–Kier alpha value is -0.0331. The van der Waals surface area contributed by atoms with Gasteiger partial charge in [0.15, 0.2) is 8.32 Å². The molecule has 1 aliphatic rings. The highest BCUT2D eigenvalue weighted by Crippen LogP contribution is 2.42. The van der Waals surface area contributed by atoms with E-state index in [9.17, 15) is 0 Å². The predicted molar refractivity (Wildman–Crippen MR) is 76.4 cm³/mol. The summed E-state index contributed by atoms with van der Waals surface area (Å²) in [5.74, 6) is 0.782. The highest BCUT2D eigenvalue weighted by molar-refractivity contribution is 9.10. The van der Waals surface area contributed by atoms with Crippen LogP contribution in [0.15, 0.2) is 16.6 Å². The van der Waals surface area contributed by atoms with Crippen LogP contribution in [0.1, 0.15) is 18.1 Å². The Morgan fingerprint density at radius 3 is 2.76 bits per heavy atom. The molecule has 0 aromatic heterocycles. The quantitative estimate of drug-likeness (QED) is 0.724. The van der Waals surface area contributed by atoms with E-state index in [-0.39, 0.29) is 6.10 Å². The lowest BCUT2D eigenvalue weighted by Crippen LogP contribution is -2.30.